The summed E-state index contributed by atoms with van der Waals surface area (Å²) in [5.41, 5.74) is 8.45. The average molecular weight is 788 g/mol. The predicted octanol–water partition coefficient (Wildman–Crippen LogP) is 10.6. The Morgan fingerprint density at radius 3 is 1.29 bits per heavy atom. The minimum atomic E-state index is -0.521. The van der Waals surface area contributed by atoms with E-state index in [4.69, 9.17) is 5.73 Å². The Labute approximate surface area is 316 Å². The van der Waals surface area contributed by atoms with Crippen LogP contribution in [0.1, 0.15) is 67.5 Å². The predicted molar refractivity (Wildman–Crippen MR) is 232 cm³/mol. The Morgan fingerprint density at radius 2 is 1.08 bits per heavy atom. The summed E-state index contributed by atoms with van der Waals surface area (Å²) in [6.07, 6.45) is 13.0. The van der Waals surface area contributed by atoms with Crippen LogP contribution in [0.3, 0.4) is 0 Å². The summed E-state index contributed by atoms with van der Waals surface area (Å²) in [6, 6.07) is 8.52. The summed E-state index contributed by atoms with van der Waals surface area (Å²) >= 11 is 0. The lowest BCUT2D eigenvalue weighted by atomic mass is 10.2. The van der Waals surface area contributed by atoms with E-state index >= 15 is 0 Å². The van der Waals surface area contributed by atoms with Gasteiger partial charge in [-0.25, -0.2) is 9.98 Å². The molecule has 0 aromatic carbocycles. The van der Waals surface area contributed by atoms with Gasteiger partial charge in [0.2, 0.25) is 11.9 Å². The third-order valence-electron chi connectivity index (χ3n) is 3.70. The van der Waals surface area contributed by atoms with Crippen molar-refractivity contribution < 1.29 is 17.9 Å². The Balaban J connectivity index is -0.0000000145. The largest absolute Gasteiger partial charge is 0.399 e. The Bertz CT molecular complexity index is 843. The number of hydrogen-bond acceptors (Lipinski definition) is 15. The lowest BCUT2D eigenvalue weighted by Crippen LogP contribution is -1.94. The Hall–Kier alpha value is -2.71. The molecule has 15 nitrogen and oxygen atoms in total. The summed E-state index contributed by atoms with van der Waals surface area (Å²) in [7, 11) is 0.500. The number of alkyl halides is 1. The number of anilines is 1. The van der Waals surface area contributed by atoms with E-state index in [1.165, 1.54) is 24.3 Å². The van der Waals surface area contributed by atoms with Crippen molar-refractivity contribution in [3.8, 4) is 0 Å². The minimum absolute atomic E-state index is 0. The molecule has 2 aromatic rings. The summed E-state index contributed by atoms with van der Waals surface area (Å²) in [6.45, 7) is 5.59. The van der Waals surface area contributed by atoms with Crippen molar-refractivity contribution in [2.24, 2.45) is 9.98 Å². The zero-order valence-corrected chi connectivity index (χ0v) is 31.1. The van der Waals surface area contributed by atoms with Crippen molar-refractivity contribution in [3.05, 3.63) is 78.7 Å². The molecule has 0 radical (unpaired) electrons. The molecule has 4 heterocycles. The zero-order valence-electron chi connectivity index (χ0n) is 28.1. The van der Waals surface area contributed by atoms with Gasteiger partial charge in [-0.1, -0.05) is 34.4 Å². The number of nitrogens with zero attached hydrogens (tertiary/aromatic N) is 4. The Morgan fingerprint density at radius 1 is 0.653 bits per heavy atom. The normalized spacial score (nSPS) is 8.84. The number of aryl methyl sites for hydroxylation is 1. The van der Waals surface area contributed by atoms with Gasteiger partial charge in [-0.3, -0.25) is 19.1 Å². The van der Waals surface area contributed by atoms with Crippen molar-refractivity contribution >= 4 is 57.6 Å². The maximum Gasteiger partial charge on any atom is 0.215 e. The maximum absolute atomic E-state index is 12.2. The molecule has 22 heteroatoms. The van der Waals surface area contributed by atoms with E-state index in [0.717, 1.165) is 25.0 Å². The number of pyridine rings is 2. The number of aliphatic imine (C=N–C) groups is 2. The van der Waals surface area contributed by atoms with Gasteiger partial charge < -0.3 is 67.2 Å². The molecule has 0 atom stereocenters. The molecule has 2 aromatic heterocycles. The SMILES string of the molecule is C.C.C.CC1=NC(F)=CCC1.CC1=NC=CCC1.CF.Cc1cc(N)cc(F)n1.F.N.N.N.N.N.N.N.N.N.N.S.S.S.c1ccncc1. The van der Waals surface area contributed by atoms with Crippen LogP contribution in [0.5, 0.6) is 0 Å². The monoisotopic (exact) mass is 788 g/mol. The highest BCUT2D eigenvalue weighted by molar-refractivity contribution is 7.59. The molecule has 0 bridgehead atoms. The summed E-state index contributed by atoms with van der Waals surface area (Å²) in [5.74, 6) is -0.846. The first-order valence-corrected chi connectivity index (χ1v) is 10.1. The highest BCUT2D eigenvalue weighted by atomic mass is 32.1. The number of hydrogen-bond donors (Lipinski definition) is 11. The number of rotatable bonds is 0. The topological polar surface area (TPSA) is 427 Å². The third kappa shape index (κ3) is 76.6. The molecule has 32 N–H and O–H groups in total. The van der Waals surface area contributed by atoms with Crippen molar-refractivity contribution in [3.63, 3.8) is 0 Å². The van der Waals surface area contributed by atoms with Gasteiger partial charge in [-0.05, 0) is 70.7 Å². The van der Waals surface area contributed by atoms with Crippen molar-refractivity contribution in [1.82, 2.24) is 71.5 Å². The molecule has 4 rings (SSSR count). The van der Waals surface area contributed by atoms with E-state index < -0.39 is 5.95 Å². The van der Waals surface area contributed by atoms with Crippen LogP contribution >= 0.6 is 40.5 Å². The van der Waals surface area contributed by atoms with Gasteiger partial charge in [0, 0.05) is 47.5 Å². The fourth-order valence-electron chi connectivity index (χ4n) is 2.26. The molecule has 0 saturated carbocycles. The fraction of sp³-hybridized carbons (Fsp3) is 0.407. The van der Waals surface area contributed by atoms with Gasteiger partial charge in [0.1, 0.15) is 0 Å². The molecule has 0 saturated heterocycles. The first kappa shape index (κ1) is 119. The number of nitrogen functional groups attached to an aromatic ring is 1. The van der Waals surface area contributed by atoms with Crippen LogP contribution in [0.25, 0.3) is 0 Å². The molecule has 0 fully saturated rings. The van der Waals surface area contributed by atoms with Gasteiger partial charge in [0.25, 0.3) is 0 Å². The van der Waals surface area contributed by atoms with E-state index in [1.807, 2.05) is 31.3 Å². The van der Waals surface area contributed by atoms with E-state index in [1.54, 1.807) is 25.4 Å². The van der Waals surface area contributed by atoms with Crippen LogP contribution in [-0.2, 0) is 0 Å². The van der Waals surface area contributed by atoms with Crippen molar-refractivity contribution in [1.29, 1.82) is 0 Å². The minimum Gasteiger partial charge on any atom is -0.399 e. The maximum atomic E-state index is 12.2. The quantitative estimate of drug-likeness (QED) is 0.0672. The fourth-order valence-corrected chi connectivity index (χ4v) is 2.26. The molecule has 49 heavy (non-hydrogen) atoms. The standard InChI is InChI=1S/C6H7FN2.C6H8FN.C6H9N.C5H5N.CH3F.3CH4.FH.10H3N.3H2S/c1-4-2-5(8)3-6(7)9-4;1-5-3-2-4-6(7)8-5;1-6-4-2-3-5-7-6;1-2-4-6-5-3-1;1-2;;;;;;;;;;;;;;;;;/h2-3H,1H3,(H2,8,9);4H,2-3H2,1H3;3,5H,2,4H2,1H3;1-5H;1H3;3*1H4;1H;10*1H3;3*1H2. The van der Waals surface area contributed by atoms with Crippen LogP contribution in [0.4, 0.5) is 23.6 Å². The molecule has 0 aliphatic carbocycles. The molecule has 0 unspecified atom stereocenters. The van der Waals surface area contributed by atoms with Crippen LogP contribution in [0.15, 0.2) is 77.0 Å². The van der Waals surface area contributed by atoms with E-state index in [2.05, 4.69) is 33.0 Å². The highest BCUT2D eigenvalue weighted by Crippen LogP contribution is 2.10. The molecule has 310 valence electrons. The lowest BCUT2D eigenvalue weighted by molar-refractivity contribution is 0.581. The summed E-state index contributed by atoms with van der Waals surface area (Å²) in [4.78, 5) is 14.9. The molecule has 0 amide bonds. The van der Waals surface area contributed by atoms with E-state index in [-0.39, 0.29) is 135 Å². The second kappa shape index (κ2) is 80.2. The van der Waals surface area contributed by atoms with Crippen molar-refractivity contribution in [2.45, 2.75) is 68.7 Å². The van der Waals surface area contributed by atoms with Crippen LogP contribution in [0, 0.1) is 12.9 Å². The summed E-state index contributed by atoms with van der Waals surface area (Å²) < 4.78 is 33.8. The second-order valence-corrected chi connectivity index (χ2v) is 6.59. The number of aromatic nitrogens is 2. The lowest BCUT2D eigenvalue weighted by Gasteiger charge is -2.00. The number of allylic oxidation sites excluding steroid dienone is 2. The first-order chi connectivity index (χ1) is 15.4. The van der Waals surface area contributed by atoms with Gasteiger partial charge in [0.15, 0.2) is 0 Å². The summed E-state index contributed by atoms with van der Waals surface area (Å²) in [5, 5.41) is 0. The van der Waals surface area contributed by atoms with Crippen molar-refractivity contribution in [2.75, 3.05) is 12.9 Å². The number of halogens is 4. The molecule has 0 spiro atoms. The van der Waals surface area contributed by atoms with Crippen LogP contribution < -0.4 is 67.2 Å². The second-order valence-electron chi connectivity index (χ2n) is 6.59. The first-order valence-electron chi connectivity index (χ1n) is 10.1. The van der Waals surface area contributed by atoms with Gasteiger partial charge in [-0.15, -0.1) is 0 Å². The Kier molecular flexibility index (Phi) is 194. The average Bonchev–Trinajstić information content (AvgIpc) is 2.77. The van der Waals surface area contributed by atoms with Crippen LogP contribution in [-0.4, -0.2) is 28.6 Å². The third-order valence-corrected chi connectivity index (χ3v) is 3.70. The smallest absolute Gasteiger partial charge is 0.215 e. The molecular formula is C27H81F4N15S3. The zero-order chi connectivity index (χ0) is 24.2. The van der Waals surface area contributed by atoms with E-state index in [9.17, 15) is 13.2 Å². The van der Waals surface area contributed by atoms with Gasteiger partial charge in [-0.2, -0.15) is 49.3 Å². The van der Waals surface area contributed by atoms with E-state index in [0.29, 0.717) is 18.6 Å². The highest BCUT2D eigenvalue weighted by Gasteiger charge is 1.99. The molecule has 2 aliphatic heterocycles. The molecular weight excluding hydrogens is 707 g/mol. The van der Waals surface area contributed by atoms with Gasteiger partial charge in [0.05, 0.1) is 7.18 Å². The number of nitrogens with two attached hydrogens (primary N) is 1. The van der Waals surface area contributed by atoms with Crippen LogP contribution in [0.2, 0.25) is 0 Å². The van der Waals surface area contributed by atoms with Gasteiger partial charge >= 0.3 is 0 Å². The molecule has 2 aliphatic rings.